The molecule has 0 atom stereocenters. The van der Waals surface area contributed by atoms with E-state index >= 15 is 0 Å². The molecule has 1 aliphatic rings. The highest BCUT2D eigenvalue weighted by molar-refractivity contribution is 7.80. The topological polar surface area (TPSA) is 96.9 Å². The smallest absolute Gasteiger partial charge is 0.329 e. The van der Waals surface area contributed by atoms with Crippen LogP contribution in [0.4, 0.5) is 0 Å². The average molecular weight is 334 g/mol. The van der Waals surface area contributed by atoms with E-state index in [-0.39, 0.29) is 22.5 Å². The van der Waals surface area contributed by atoms with Gasteiger partial charge in [0.05, 0.1) is 10.9 Å². The van der Waals surface area contributed by atoms with Crippen molar-refractivity contribution in [1.29, 1.82) is 0 Å². The number of carbonyl (C=O) groups is 1. The maximum Gasteiger partial charge on any atom is 0.329 e. The van der Waals surface area contributed by atoms with Crippen LogP contribution in [-0.4, -0.2) is 32.7 Å². The third-order valence-corrected chi connectivity index (χ3v) is 4.15. The summed E-state index contributed by atoms with van der Waals surface area (Å²) in [5, 5.41) is 2.88. The van der Waals surface area contributed by atoms with Crippen LogP contribution in [0.5, 0.6) is 0 Å². The highest BCUT2D eigenvalue weighted by Crippen LogP contribution is 2.39. The normalized spacial score (nSPS) is 14.2. The van der Waals surface area contributed by atoms with Crippen LogP contribution in [0.1, 0.15) is 41.7 Å². The van der Waals surface area contributed by atoms with E-state index in [1.165, 1.54) is 4.57 Å². The van der Waals surface area contributed by atoms with Crippen molar-refractivity contribution in [2.24, 2.45) is 0 Å². The van der Waals surface area contributed by atoms with E-state index in [1.807, 2.05) is 0 Å². The van der Waals surface area contributed by atoms with Crippen LogP contribution in [-0.2, 0) is 6.54 Å². The average Bonchev–Trinajstić information content (AvgIpc) is 3.36. The Kier molecular flexibility index (Phi) is 4.25. The number of aryl methyl sites for hydroxylation is 1. The lowest BCUT2D eigenvalue weighted by molar-refractivity contribution is 0.0957. The Labute approximate surface area is 137 Å². The highest BCUT2D eigenvalue weighted by atomic mass is 32.1. The molecular weight excluding hydrogens is 316 g/mol. The summed E-state index contributed by atoms with van der Waals surface area (Å²) >= 11 is 4.07. The molecular formula is C15H18N4O3S. The Hall–Kier alpha value is -2.09. The number of hydrogen-bond donors (Lipinski definition) is 3. The molecule has 0 radical (unpaired) electrons. The Morgan fingerprint density at radius 2 is 2.22 bits per heavy atom. The van der Waals surface area contributed by atoms with Crippen molar-refractivity contribution >= 4 is 29.6 Å². The maximum atomic E-state index is 12.4. The van der Waals surface area contributed by atoms with Gasteiger partial charge in [0.25, 0.3) is 11.5 Å². The molecule has 0 spiro atoms. The number of amides is 1. The fourth-order valence-corrected chi connectivity index (χ4v) is 2.73. The maximum absolute atomic E-state index is 12.4. The first-order valence-electron chi connectivity index (χ1n) is 7.63. The van der Waals surface area contributed by atoms with Crippen LogP contribution in [0, 0.1) is 0 Å². The van der Waals surface area contributed by atoms with Crippen molar-refractivity contribution in [2.75, 3.05) is 12.3 Å². The number of fused-ring (bicyclic) bond motifs is 1. The Bertz CT molecular complexity index is 883. The van der Waals surface area contributed by atoms with Gasteiger partial charge in [0.1, 0.15) is 0 Å². The van der Waals surface area contributed by atoms with Gasteiger partial charge in [-0.15, -0.1) is 0 Å². The van der Waals surface area contributed by atoms with Gasteiger partial charge in [-0.2, -0.15) is 12.6 Å². The number of thiol groups is 1. The third kappa shape index (κ3) is 2.90. The molecule has 1 saturated carbocycles. The summed E-state index contributed by atoms with van der Waals surface area (Å²) in [6.07, 6.45) is 2.02. The van der Waals surface area contributed by atoms with Gasteiger partial charge in [0, 0.05) is 30.5 Å². The first kappa shape index (κ1) is 15.8. The minimum absolute atomic E-state index is 0.160. The summed E-state index contributed by atoms with van der Waals surface area (Å²) in [5.74, 6) is 0.455. The zero-order chi connectivity index (χ0) is 16.6. The first-order valence-corrected chi connectivity index (χ1v) is 8.26. The molecule has 0 unspecified atom stereocenters. The quantitative estimate of drug-likeness (QED) is 0.699. The van der Waals surface area contributed by atoms with Gasteiger partial charge in [-0.05, 0) is 25.8 Å². The predicted octanol–water partition coefficient (Wildman–Crippen LogP) is 0.642. The lowest BCUT2D eigenvalue weighted by atomic mass is 10.1. The SMILES string of the molecule is CCn1c(=O)[nH]c(=O)c2c(C(=O)NCCS)cc(C3CC3)nc21. The van der Waals surface area contributed by atoms with Crippen LogP contribution in [0.2, 0.25) is 0 Å². The largest absolute Gasteiger partial charge is 0.351 e. The molecule has 122 valence electrons. The number of hydrogen-bond acceptors (Lipinski definition) is 5. The lowest BCUT2D eigenvalue weighted by Gasteiger charge is -2.12. The number of H-pyrrole nitrogens is 1. The van der Waals surface area contributed by atoms with Crippen molar-refractivity contribution < 1.29 is 4.79 Å². The lowest BCUT2D eigenvalue weighted by Crippen LogP contribution is -2.33. The number of aromatic amines is 1. The molecule has 0 aromatic carbocycles. The van der Waals surface area contributed by atoms with Crippen molar-refractivity contribution in [3.05, 3.63) is 38.2 Å². The van der Waals surface area contributed by atoms with Crippen LogP contribution in [0.15, 0.2) is 15.7 Å². The van der Waals surface area contributed by atoms with E-state index in [4.69, 9.17) is 0 Å². The monoisotopic (exact) mass is 334 g/mol. The van der Waals surface area contributed by atoms with E-state index in [9.17, 15) is 14.4 Å². The molecule has 0 bridgehead atoms. The van der Waals surface area contributed by atoms with Gasteiger partial charge in [-0.1, -0.05) is 0 Å². The molecule has 2 aromatic rings. The van der Waals surface area contributed by atoms with Gasteiger partial charge < -0.3 is 5.32 Å². The van der Waals surface area contributed by atoms with Crippen molar-refractivity contribution in [2.45, 2.75) is 32.2 Å². The number of nitrogens with one attached hydrogen (secondary N) is 2. The summed E-state index contributed by atoms with van der Waals surface area (Å²) in [6, 6.07) is 1.67. The van der Waals surface area contributed by atoms with E-state index in [2.05, 4.69) is 27.9 Å². The highest BCUT2D eigenvalue weighted by Gasteiger charge is 2.28. The molecule has 8 heteroatoms. The Morgan fingerprint density at radius 1 is 1.48 bits per heavy atom. The van der Waals surface area contributed by atoms with Crippen LogP contribution in [0.25, 0.3) is 11.0 Å². The number of pyridine rings is 1. The molecule has 3 rings (SSSR count). The summed E-state index contributed by atoms with van der Waals surface area (Å²) in [7, 11) is 0. The summed E-state index contributed by atoms with van der Waals surface area (Å²) < 4.78 is 1.39. The van der Waals surface area contributed by atoms with E-state index in [0.717, 1.165) is 18.5 Å². The van der Waals surface area contributed by atoms with E-state index < -0.39 is 11.2 Å². The number of carbonyl (C=O) groups excluding carboxylic acids is 1. The Balaban J connectivity index is 2.30. The molecule has 0 aliphatic heterocycles. The third-order valence-electron chi connectivity index (χ3n) is 3.92. The van der Waals surface area contributed by atoms with Crippen LogP contribution < -0.4 is 16.6 Å². The molecule has 7 nitrogen and oxygen atoms in total. The van der Waals surface area contributed by atoms with Gasteiger partial charge >= 0.3 is 5.69 Å². The number of aromatic nitrogens is 3. The summed E-state index contributed by atoms with van der Waals surface area (Å²) in [5.41, 5.74) is 0.220. The van der Waals surface area contributed by atoms with Crippen molar-refractivity contribution in [3.63, 3.8) is 0 Å². The zero-order valence-electron chi connectivity index (χ0n) is 12.8. The van der Waals surface area contributed by atoms with Crippen LogP contribution >= 0.6 is 12.6 Å². The second-order valence-corrected chi connectivity index (χ2v) is 6.00. The van der Waals surface area contributed by atoms with Crippen molar-refractivity contribution in [3.8, 4) is 0 Å². The van der Waals surface area contributed by atoms with Gasteiger partial charge in [0.2, 0.25) is 0 Å². The second-order valence-electron chi connectivity index (χ2n) is 5.55. The Morgan fingerprint density at radius 3 is 2.83 bits per heavy atom. The minimum atomic E-state index is -0.583. The number of nitrogens with zero attached hydrogens (tertiary/aromatic N) is 2. The standard InChI is InChI=1S/C15H18N4O3S/c1-2-19-12-11(14(21)18-15(19)22)9(13(20)16-5-6-23)7-10(17-12)8-3-4-8/h7-8,23H,2-6H2,1H3,(H,16,20)(H,18,21,22). The molecule has 23 heavy (non-hydrogen) atoms. The second kappa shape index (κ2) is 6.19. The fourth-order valence-electron chi connectivity index (χ4n) is 2.62. The molecule has 0 saturated heterocycles. The van der Waals surface area contributed by atoms with E-state index in [1.54, 1.807) is 13.0 Å². The van der Waals surface area contributed by atoms with Crippen LogP contribution in [0.3, 0.4) is 0 Å². The zero-order valence-corrected chi connectivity index (χ0v) is 13.7. The van der Waals surface area contributed by atoms with Gasteiger partial charge in [-0.3, -0.25) is 19.1 Å². The molecule has 1 fully saturated rings. The number of rotatable bonds is 5. The van der Waals surface area contributed by atoms with Crippen molar-refractivity contribution in [1.82, 2.24) is 19.9 Å². The predicted molar refractivity (Wildman–Crippen MR) is 90.5 cm³/mol. The summed E-state index contributed by atoms with van der Waals surface area (Å²) in [6.45, 7) is 2.56. The minimum Gasteiger partial charge on any atom is -0.351 e. The molecule has 2 heterocycles. The van der Waals surface area contributed by atoms with Gasteiger partial charge in [-0.25, -0.2) is 9.78 Å². The molecule has 2 N–H and O–H groups in total. The molecule has 1 aliphatic carbocycles. The molecule has 2 aromatic heterocycles. The molecule has 1 amide bonds. The summed E-state index contributed by atoms with van der Waals surface area (Å²) in [4.78, 5) is 43.5. The van der Waals surface area contributed by atoms with Gasteiger partial charge in [0.15, 0.2) is 5.65 Å². The fraction of sp³-hybridized carbons (Fsp3) is 0.467. The van der Waals surface area contributed by atoms with E-state index in [0.29, 0.717) is 24.8 Å². The first-order chi connectivity index (χ1) is 11.1.